The third kappa shape index (κ3) is 3.63. The van der Waals surface area contributed by atoms with Crippen LogP contribution in [0.15, 0.2) is 0 Å². The fraction of sp³-hybridized carbons (Fsp3) is 0. The maximum Gasteiger partial charge on any atom is 0.352 e. The summed E-state index contributed by atoms with van der Waals surface area (Å²) in [7, 11) is -8.98. The van der Waals surface area contributed by atoms with Crippen LogP contribution in [0.5, 0.6) is 0 Å². The van der Waals surface area contributed by atoms with E-state index in [2.05, 4.69) is 16.5 Å². The molecule has 0 saturated carbocycles. The first-order valence-corrected chi connectivity index (χ1v) is 4.80. The molecule has 0 heterocycles. The van der Waals surface area contributed by atoms with Gasteiger partial charge in [0.1, 0.15) is 0 Å². The van der Waals surface area contributed by atoms with Gasteiger partial charge < -0.3 is 0 Å². The molecular formula is C4H2O5S2. The van der Waals surface area contributed by atoms with Gasteiger partial charge >= 0.3 is 20.2 Å². The molecule has 0 radical (unpaired) electrons. The summed E-state index contributed by atoms with van der Waals surface area (Å²) < 4.78 is 44.4. The van der Waals surface area contributed by atoms with Crippen LogP contribution in [0.2, 0.25) is 0 Å². The van der Waals surface area contributed by atoms with Crippen LogP contribution in [0.25, 0.3) is 0 Å². The zero-order chi connectivity index (χ0) is 9.12. The van der Waals surface area contributed by atoms with Crippen LogP contribution >= 0.6 is 0 Å². The molecule has 0 aliphatic rings. The number of rotatable bonds is 2. The van der Waals surface area contributed by atoms with Crippen LogP contribution in [0.4, 0.5) is 0 Å². The van der Waals surface area contributed by atoms with Gasteiger partial charge in [0.25, 0.3) is 0 Å². The molecule has 0 aromatic rings. The third-order valence-electron chi connectivity index (χ3n) is 0.468. The molecule has 0 aliphatic carbocycles. The van der Waals surface area contributed by atoms with Crippen molar-refractivity contribution in [3.8, 4) is 23.4 Å². The highest BCUT2D eigenvalue weighted by molar-refractivity contribution is 8.04. The first kappa shape index (κ1) is 9.98. The van der Waals surface area contributed by atoms with Crippen LogP contribution in [-0.4, -0.2) is 16.8 Å². The molecule has 5 nitrogen and oxygen atoms in total. The van der Waals surface area contributed by atoms with Gasteiger partial charge in [0.15, 0.2) is 0 Å². The van der Waals surface area contributed by atoms with Crippen molar-refractivity contribution in [2.24, 2.45) is 0 Å². The van der Waals surface area contributed by atoms with Crippen molar-refractivity contribution in [3.63, 3.8) is 0 Å². The van der Waals surface area contributed by atoms with Crippen LogP contribution in [-0.2, 0) is 23.9 Å². The third-order valence-corrected chi connectivity index (χ3v) is 2.48. The van der Waals surface area contributed by atoms with Gasteiger partial charge in [-0.1, -0.05) is 0 Å². The molecule has 0 N–H and O–H groups in total. The molecule has 0 rings (SSSR count). The Morgan fingerprint density at radius 1 is 0.909 bits per heavy atom. The molecule has 0 spiro atoms. The molecule has 0 bridgehead atoms. The van der Waals surface area contributed by atoms with E-state index in [1.165, 1.54) is 0 Å². The van der Waals surface area contributed by atoms with Gasteiger partial charge in [-0.2, -0.15) is 16.8 Å². The highest BCUT2D eigenvalue weighted by atomic mass is 32.3. The minimum Gasteiger partial charge on any atom is -0.184 e. The molecule has 0 aromatic carbocycles. The van der Waals surface area contributed by atoms with E-state index in [0.717, 1.165) is 10.5 Å². The summed E-state index contributed by atoms with van der Waals surface area (Å²) in [4.78, 5) is 0. The topological polar surface area (TPSA) is 77.5 Å². The normalized spacial score (nSPS) is 11.5. The van der Waals surface area contributed by atoms with Crippen molar-refractivity contribution in [1.82, 2.24) is 0 Å². The van der Waals surface area contributed by atoms with Gasteiger partial charge in [-0.15, -0.1) is 16.5 Å². The molecule has 0 saturated heterocycles. The lowest BCUT2D eigenvalue weighted by Gasteiger charge is -1.91. The second-order valence-electron chi connectivity index (χ2n) is 1.21. The first-order chi connectivity index (χ1) is 4.83. The van der Waals surface area contributed by atoms with E-state index in [4.69, 9.17) is 0 Å². The zero-order valence-electron chi connectivity index (χ0n) is 5.01. The Labute approximate surface area is 64.6 Å². The van der Waals surface area contributed by atoms with Crippen LogP contribution in [0, 0.1) is 23.4 Å². The Kier molecular flexibility index (Phi) is 2.65. The standard InChI is InChI=1S/C4H2O5S2/c1-3-10(5,6)9-11(7,8)4-2/h1-2H. The molecule has 11 heavy (non-hydrogen) atoms. The summed E-state index contributed by atoms with van der Waals surface area (Å²) in [6, 6.07) is 0. The van der Waals surface area contributed by atoms with Gasteiger partial charge in [0, 0.05) is 0 Å². The maximum absolute atomic E-state index is 10.2. The van der Waals surface area contributed by atoms with Gasteiger partial charge in [0.2, 0.25) is 0 Å². The Hall–Kier alpha value is -1.02. The van der Waals surface area contributed by atoms with E-state index < -0.39 is 20.2 Å². The van der Waals surface area contributed by atoms with E-state index in [1.54, 1.807) is 0 Å². The first-order valence-electron chi connectivity index (χ1n) is 1.99. The summed E-state index contributed by atoms with van der Waals surface area (Å²) >= 11 is 0. The number of hydrogen-bond acceptors (Lipinski definition) is 5. The van der Waals surface area contributed by atoms with Crippen molar-refractivity contribution >= 4 is 20.2 Å². The van der Waals surface area contributed by atoms with Gasteiger partial charge in [-0.25, -0.2) is 0 Å². The minimum atomic E-state index is -4.49. The molecular weight excluding hydrogens is 192 g/mol. The second kappa shape index (κ2) is 2.93. The summed E-state index contributed by atoms with van der Waals surface area (Å²) in [5.41, 5.74) is 0. The predicted octanol–water partition coefficient (Wildman–Crippen LogP) is -1.16. The van der Waals surface area contributed by atoms with E-state index >= 15 is 0 Å². The van der Waals surface area contributed by atoms with Gasteiger partial charge in [-0.3, -0.25) is 0 Å². The molecule has 0 unspecified atom stereocenters. The molecule has 60 valence electrons. The number of hydrogen-bond donors (Lipinski definition) is 0. The Morgan fingerprint density at radius 2 is 1.18 bits per heavy atom. The van der Waals surface area contributed by atoms with Crippen LogP contribution in [0.1, 0.15) is 0 Å². The predicted molar refractivity (Wildman–Crippen MR) is 36.6 cm³/mol. The largest absolute Gasteiger partial charge is 0.352 e. The van der Waals surface area contributed by atoms with E-state index in [1.807, 2.05) is 0 Å². The fourth-order valence-electron chi connectivity index (χ4n) is 0.157. The smallest absolute Gasteiger partial charge is 0.184 e. The average Bonchev–Trinajstić information content (AvgIpc) is 1.86. The monoisotopic (exact) mass is 194 g/mol. The van der Waals surface area contributed by atoms with Crippen LogP contribution in [0.3, 0.4) is 0 Å². The highest BCUT2D eigenvalue weighted by Crippen LogP contribution is 1.97. The molecule has 0 amide bonds. The van der Waals surface area contributed by atoms with Crippen molar-refractivity contribution < 1.29 is 20.5 Å². The average molecular weight is 194 g/mol. The van der Waals surface area contributed by atoms with Crippen LogP contribution < -0.4 is 0 Å². The molecule has 0 atom stereocenters. The molecule has 7 heteroatoms. The second-order valence-corrected chi connectivity index (χ2v) is 4.04. The summed E-state index contributed by atoms with van der Waals surface area (Å²) in [6.45, 7) is 0. The van der Waals surface area contributed by atoms with Gasteiger partial charge in [-0.05, 0) is 0 Å². The summed E-state index contributed by atoms with van der Waals surface area (Å²) in [6.07, 6.45) is 8.74. The fourth-order valence-corrected chi connectivity index (χ4v) is 1.41. The molecule has 0 aromatic heterocycles. The van der Waals surface area contributed by atoms with E-state index in [0.29, 0.717) is 0 Å². The lowest BCUT2D eigenvalue weighted by Crippen LogP contribution is -2.08. The Morgan fingerprint density at radius 3 is 1.36 bits per heavy atom. The van der Waals surface area contributed by atoms with E-state index in [-0.39, 0.29) is 0 Å². The Balaban J connectivity index is 4.91. The molecule has 0 fully saturated rings. The SMILES string of the molecule is C#CS(=O)(=O)OS(=O)(=O)C#C. The zero-order valence-corrected chi connectivity index (χ0v) is 6.65. The lowest BCUT2D eigenvalue weighted by atomic mass is 11.4. The van der Waals surface area contributed by atoms with Gasteiger partial charge in [0.05, 0.1) is 10.5 Å². The quantitative estimate of drug-likeness (QED) is 0.518. The lowest BCUT2D eigenvalue weighted by molar-refractivity contribution is 0.479. The van der Waals surface area contributed by atoms with Crippen molar-refractivity contribution in [2.45, 2.75) is 0 Å². The minimum absolute atomic E-state index is 1.11. The Bertz CT molecular complexity index is 370. The summed E-state index contributed by atoms with van der Waals surface area (Å²) in [5, 5.41) is 2.21. The van der Waals surface area contributed by atoms with E-state index in [9.17, 15) is 16.8 Å². The van der Waals surface area contributed by atoms with Crippen molar-refractivity contribution in [2.75, 3.05) is 0 Å². The number of terminal acetylenes is 2. The summed E-state index contributed by atoms with van der Waals surface area (Å²) in [5.74, 6) is 0. The maximum atomic E-state index is 10.2. The van der Waals surface area contributed by atoms with Crippen molar-refractivity contribution in [1.29, 1.82) is 0 Å². The van der Waals surface area contributed by atoms with Crippen molar-refractivity contribution in [3.05, 3.63) is 0 Å². The highest BCUT2D eigenvalue weighted by Gasteiger charge is 2.17. The molecule has 0 aliphatic heterocycles.